The van der Waals surface area contributed by atoms with Gasteiger partial charge in [-0.2, -0.15) is 0 Å². The van der Waals surface area contributed by atoms with Gasteiger partial charge in [-0.05, 0) is 37.5 Å². The van der Waals surface area contributed by atoms with Gasteiger partial charge in [0.1, 0.15) is 5.60 Å². The van der Waals surface area contributed by atoms with Crippen LogP contribution in [0, 0.1) is 0 Å². The quantitative estimate of drug-likeness (QED) is 0.782. The van der Waals surface area contributed by atoms with Crippen molar-refractivity contribution in [2.75, 3.05) is 6.54 Å². The van der Waals surface area contributed by atoms with E-state index in [9.17, 15) is 9.90 Å². The van der Waals surface area contributed by atoms with Crippen molar-refractivity contribution in [1.29, 1.82) is 0 Å². The molecule has 0 aliphatic heterocycles. The van der Waals surface area contributed by atoms with Gasteiger partial charge in [0.05, 0.1) is 6.54 Å². The van der Waals surface area contributed by atoms with E-state index in [1.54, 1.807) is 31.2 Å². The van der Waals surface area contributed by atoms with Crippen LogP contribution >= 0.6 is 11.6 Å². The molecule has 18 heavy (non-hydrogen) atoms. The van der Waals surface area contributed by atoms with Gasteiger partial charge in [-0.25, -0.2) is 4.79 Å². The number of benzene rings is 1. The summed E-state index contributed by atoms with van der Waals surface area (Å²) >= 11 is 5.79. The molecule has 1 atom stereocenters. The van der Waals surface area contributed by atoms with Crippen molar-refractivity contribution < 1.29 is 9.90 Å². The standard InChI is InChI=1S/C13H17ClN2O2/c1-13(18,9-2-4-10(14)5-3-9)8-15-12(17)16-11-6-7-11/h2-5,11,18H,6-8H2,1H3,(H2,15,16,17). The summed E-state index contributed by atoms with van der Waals surface area (Å²) in [5.74, 6) is 0. The zero-order valence-corrected chi connectivity index (χ0v) is 11.0. The summed E-state index contributed by atoms with van der Waals surface area (Å²) in [5, 5.41) is 16.4. The molecule has 0 bridgehead atoms. The summed E-state index contributed by atoms with van der Waals surface area (Å²) in [6.45, 7) is 1.82. The van der Waals surface area contributed by atoms with Crippen molar-refractivity contribution in [3.8, 4) is 0 Å². The Hall–Kier alpha value is -1.26. The summed E-state index contributed by atoms with van der Waals surface area (Å²) in [7, 11) is 0. The molecule has 0 aromatic heterocycles. The van der Waals surface area contributed by atoms with E-state index in [0.29, 0.717) is 11.1 Å². The molecule has 1 aliphatic rings. The third-order valence-electron chi connectivity index (χ3n) is 2.97. The summed E-state index contributed by atoms with van der Waals surface area (Å²) < 4.78 is 0. The maximum absolute atomic E-state index is 11.5. The first kappa shape index (κ1) is 13.2. The van der Waals surface area contributed by atoms with Crippen molar-refractivity contribution in [2.24, 2.45) is 0 Å². The van der Waals surface area contributed by atoms with Gasteiger partial charge >= 0.3 is 6.03 Å². The number of urea groups is 1. The average molecular weight is 269 g/mol. The predicted octanol–water partition coefficient (Wildman–Crippen LogP) is 2.01. The predicted molar refractivity (Wildman–Crippen MR) is 70.6 cm³/mol. The highest BCUT2D eigenvalue weighted by atomic mass is 35.5. The number of halogens is 1. The van der Waals surface area contributed by atoms with E-state index >= 15 is 0 Å². The third-order valence-corrected chi connectivity index (χ3v) is 3.22. The average Bonchev–Trinajstić information content (AvgIpc) is 3.11. The molecule has 2 rings (SSSR count). The number of hydrogen-bond acceptors (Lipinski definition) is 2. The van der Waals surface area contributed by atoms with Crippen molar-refractivity contribution in [3.63, 3.8) is 0 Å². The number of carbonyl (C=O) groups excluding carboxylic acids is 1. The second-order valence-electron chi connectivity index (χ2n) is 4.88. The highest BCUT2D eigenvalue weighted by molar-refractivity contribution is 6.30. The number of aliphatic hydroxyl groups is 1. The molecule has 1 aliphatic carbocycles. The fraction of sp³-hybridized carbons (Fsp3) is 0.462. The Balaban J connectivity index is 1.89. The van der Waals surface area contributed by atoms with E-state index in [-0.39, 0.29) is 12.6 Å². The number of amides is 2. The fourth-order valence-electron chi connectivity index (χ4n) is 1.63. The fourth-order valence-corrected chi connectivity index (χ4v) is 1.75. The van der Waals surface area contributed by atoms with Crippen LogP contribution in [0.1, 0.15) is 25.3 Å². The topological polar surface area (TPSA) is 61.4 Å². The lowest BCUT2D eigenvalue weighted by Gasteiger charge is -2.24. The first-order valence-electron chi connectivity index (χ1n) is 6.00. The molecule has 1 aromatic rings. The van der Waals surface area contributed by atoms with Gasteiger partial charge in [0.25, 0.3) is 0 Å². The smallest absolute Gasteiger partial charge is 0.315 e. The second-order valence-corrected chi connectivity index (χ2v) is 5.32. The molecule has 0 spiro atoms. The Morgan fingerprint density at radius 3 is 2.61 bits per heavy atom. The summed E-state index contributed by atoms with van der Waals surface area (Å²) in [6.07, 6.45) is 2.09. The number of rotatable bonds is 4. The first-order chi connectivity index (χ1) is 8.47. The van der Waals surface area contributed by atoms with E-state index in [1.165, 1.54) is 0 Å². The Labute approximate surface area is 111 Å². The van der Waals surface area contributed by atoms with Crippen LogP contribution in [-0.4, -0.2) is 23.7 Å². The zero-order valence-electron chi connectivity index (χ0n) is 10.2. The van der Waals surface area contributed by atoms with Crippen LogP contribution in [0.5, 0.6) is 0 Å². The molecule has 1 saturated carbocycles. The third kappa shape index (κ3) is 3.62. The Morgan fingerprint density at radius 1 is 1.44 bits per heavy atom. The Bertz CT molecular complexity index is 427. The molecule has 1 aromatic carbocycles. The Morgan fingerprint density at radius 2 is 2.06 bits per heavy atom. The van der Waals surface area contributed by atoms with Gasteiger partial charge < -0.3 is 15.7 Å². The molecule has 98 valence electrons. The van der Waals surface area contributed by atoms with Crippen molar-refractivity contribution in [1.82, 2.24) is 10.6 Å². The van der Waals surface area contributed by atoms with Gasteiger partial charge in [0.15, 0.2) is 0 Å². The van der Waals surface area contributed by atoms with E-state index in [2.05, 4.69) is 10.6 Å². The molecule has 2 amide bonds. The molecule has 4 nitrogen and oxygen atoms in total. The molecular weight excluding hydrogens is 252 g/mol. The number of hydrogen-bond donors (Lipinski definition) is 3. The zero-order chi connectivity index (χ0) is 13.2. The molecule has 0 heterocycles. The summed E-state index contributed by atoms with van der Waals surface area (Å²) in [4.78, 5) is 11.5. The van der Waals surface area contributed by atoms with Gasteiger partial charge in [0.2, 0.25) is 0 Å². The van der Waals surface area contributed by atoms with Crippen LogP contribution < -0.4 is 10.6 Å². The normalized spacial score (nSPS) is 17.9. The van der Waals surface area contributed by atoms with E-state index in [1.807, 2.05) is 0 Å². The largest absolute Gasteiger partial charge is 0.384 e. The second kappa shape index (κ2) is 5.16. The van der Waals surface area contributed by atoms with E-state index in [0.717, 1.165) is 18.4 Å². The van der Waals surface area contributed by atoms with Crippen molar-refractivity contribution in [2.45, 2.75) is 31.4 Å². The van der Waals surface area contributed by atoms with Crippen LogP contribution in [0.2, 0.25) is 5.02 Å². The summed E-state index contributed by atoms with van der Waals surface area (Å²) in [5.41, 5.74) is -0.385. The minimum atomic E-state index is -1.11. The van der Waals surface area contributed by atoms with Crippen molar-refractivity contribution >= 4 is 17.6 Å². The number of carbonyl (C=O) groups is 1. The lowest BCUT2D eigenvalue weighted by molar-refractivity contribution is 0.0594. The van der Waals surface area contributed by atoms with E-state index in [4.69, 9.17) is 11.6 Å². The van der Waals surface area contributed by atoms with Crippen LogP contribution in [-0.2, 0) is 5.60 Å². The monoisotopic (exact) mass is 268 g/mol. The van der Waals surface area contributed by atoms with Crippen LogP contribution in [0.3, 0.4) is 0 Å². The number of nitrogens with one attached hydrogen (secondary N) is 2. The van der Waals surface area contributed by atoms with Crippen LogP contribution in [0.4, 0.5) is 4.79 Å². The van der Waals surface area contributed by atoms with Gasteiger partial charge in [0, 0.05) is 11.1 Å². The van der Waals surface area contributed by atoms with Gasteiger partial charge in [-0.15, -0.1) is 0 Å². The van der Waals surface area contributed by atoms with Gasteiger partial charge in [-0.1, -0.05) is 23.7 Å². The molecule has 0 radical (unpaired) electrons. The molecule has 0 saturated heterocycles. The lowest BCUT2D eigenvalue weighted by atomic mass is 9.96. The molecule has 1 unspecified atom stereocenters. The SMILES string of the molecule is CC(O)(CNC(=O)NC1CC1)c1ccc(Cl)cc1. The van der Waals surface area contributed by atoms with Crippen LogP contribution in [0.15, 0.2) is 24.3 Å². The molecule has 5 heteroatoms. The maximum Gasteiger partial charge on any atom is 0.315 e. The minimum absolute atomic E-state index is 0.160. The first-order valence-corrected chi connectivity index (χ1v) is 6.38. The highest BCUT2D eigenvalue weighted by Gasteiger charge is 2.26. The highest BCUT2D eigenvalue weighted by Crippen LogP contribution is 2.22. The minimum Gasteiger partial charge on any atom is -0.384 e. The van der Waals surface area contributed by atoms with E-state index < -0.39 is 5.60 Å². The maximum atomic E-state index is 11.5. The lowest BCUT2D eigenvalue weighted by Crippen LogP contribution is -2.44. The van der Waals surface area contributed by atoms with Crippen molar-refractivity contribution in [3.05, 3.63) is 34.9 Å². The Kier molecular flexibility index (Phi) is 3.78. The summed E-state index contributed by atoms with van der Waals surface area (Å²) in [6, 6.07) is 7.02. The molecule has 3 N–H and O–H groups in total. The molecular formula is C13H17ClN2O2. The molecule has 1 fully saturated rings. The van der Waals surface area contributed by atoms with Crippen LogP contribution in [0.25, 0.3) is 0 Å². The van der Waals surface area contributed by atoms with Gasteiger partial charge in [-0.3, -0.25) is 0 Å².